The van der Waals surface area contributed by atoms with Crippen molar-refractivity contribution in [2.75, 3.05) is 20.1 Å². The molecule has 0 spiro atoms. The zero-order chi connectivity index (χ0) is 30.5. The number of nitrogens with zero attached hydrogens (tertiary/aromatic N) is 3. The predicted molar refractivity (Wildman–Crippen MR) is 177 cm³/mol. The van der Waals surface area contributed by atoms with E-state index in [-0.39, 0.29) is 5.54 Å². The maximum absolute atomic E-state index is 2.42. The summed E-state index contributed by atoms with van der Waals surface area (Å²) in [4.78, 5) is 1.46. The number of piperidine rings is 1. The Morgan fingerprint density at radius 1 is 0.750 bits per heavy atom. The second-order valence-corrected chi connectivity index (χ2v) is 16.5. The maximum Gasteiger partial charge on any atom is 0.184 e. The van der Waals surface area contributed by atoms with E-state index < -0.39 is 0 Å². The summed E-state index contributed by atoms with van der Waals surface area (Å²) in [6.45, 7) is 35.2. The van der Waals surface area contributed by atoms with E-state index in [1.165, 1.54) is 52.9 Å². The Morgan fingerprint density at radius 2 is 1.23 bits per heavy atom. The highest BCUT2D eigenvalue weighted by Gasteiger charge is 2.40. The van der Waals surface area contributed by atoms with Gasteiger partial charge in [-0.15, -0.1) is 3.96 Å². The van der Waals surface area contributed by atoms with Gasteiger partial charge < -0.3 is 8.97 Å². The summed E-state index contributed by atoms with van der Waals surface area (Å²) in [5.74, 6) is 2.53. The van der Waals surface area contributed by atoms with Crippen LogP contribution >= 0.6 is 11.5 Å². The molecular weight excluding hydrogens is 506 g/mol. The summed E-state index contributed by atoms with van der Waals surface area (Å²) in [7, 11) is 2.42. The molecule has 0 radical (unpaired) electrons. The fraction of sp³-hybridized carbons (Fsp3) is 0.750. The van der Waals surface area contributed by atoms with Crippen molar-refractivity contribution in [1.29, 1.82) is 0 Å². The highest BCUT2D eigenvalue weighted by Crippen LogP contribution is 2.35. The molecule has 3 heterocycles. The van der Waals surface area contributed by atoms with E-state index >= 15 is 0 Å². The van der Waals surface area contributed by atoms with E-state index in [1.807, 2.05) is 11.5 Å². The van der Waals surface area contributed by atoms with E-state index in [0.29, 0.717) is 18.0 Å². The van der Waals surface area contributed by atoms with Crippen LogP contribution in [0.15, 0.2) is 36.5 Å². The fourth-order valence-electron chi connectivity index (χ4n) is 6.22. The van der Waals surface area contributed by atoms with Crippen molar-refractivity contribution in [2.24, 2.45) is 11.8 Å². The summed E-state index contributed by atoms with van der Waals surface area (Å²) in [5.41, 5.74) is 3.34. The van der Waals surface area contributed by atoms with Crippen LogP contribution in [0, 0.1) is 11.8 Å². The van der Waals surface area contributed by atoms with E-state index in [0.717, 1.165) is 17.9 Å². The molecule has 228 valence electrons. The number of rotatable bonds is 5. The number of fused-ring (bicyclic) bond motifs is 1. The first-order chi connectivity index (χ1) is 18.4. The van der Waals surface area contributed by atoms with Crippen LogP contribution in [0.4, 0.5) is 0 Å². The van der Waals surface area contributed by atoms with Crippen LogP contribution in [0.3, 0.4) is 0 Å². The summed E-state index contributed by atoms with van der Waals surface area (Å²) >= 11 is 1.86. The Morgan fingerprint density at radius 3 is 1.52 bits per heavy atom. The van der Waals surface area contributed by atoms with Gasteiger partial charge in [0.25, 0.3) is 0 Å². The number of hydrogen-bond acceptors (Lipinski definition) is 1. The Hall–Kier alpha value is -1.23. The first kappa shape index (κ1) is 35.0. The summed E-state index contributed by atoms with van der Waals surface area (Å²) in [6.07, 6.45) is 5.05. The molecule has 1 aromatic heterocycles. The lowest BCUT2D eigenvalue weighted by Crippen LogP contribution is -2.54. The number of hydrogen-bond donors (Lipinski definition) is 0. The highest BCUT2D eigenvalue weighted by molar-refractivity contribution is 7.01. The molecule has 1 fully saturated rings. The van der Waals surface area contributed by atoms with E-state index in [2.05, 4.69) is 138 Å². The monoisotopic (exact) mass is 572 g/mol. The number of aromatic nitrogens is 1. The lowest BCUT2D eigenvalue weighted by molar-refractivity contribution is -0.985. The van der Waals surface area contributed by atoms with Crippen molar-refractivity contribution in [2.45, 2.75) is 146 Å². The first-order valence-corrected chi connectivity index (χ1v) is 17.0. The molecule has 0 bridgehead atoms. The van der Waals surface area contributed by atoms with Gasteiger partial charge in [0.1, 0.15) is 24.6 Å². The van der Waals surface area contributed by atoms with Gasteiger partial charge in [0.2, 0.25) is 0 Å². The van der Waals surface area contributed by atoms with E-state index in [9.17, 15) is 0 Å². The van der Waals surface area contributed by atoms with Gasteiger partial charge >= 0.3 is 0 Å². The highest BCUT2D eigenvalue weighted by atomic mass is 32.1. The molecule has 2 aliphatic heterocycles. The third kappa shape index (κ3) is 8.88. The molecule has 2 aliphatic rings. The minimum atomic E-state index is 0.234. The normalized spacial score (nSPS) is 22.3. The molecule has 40 heavy (non-hydrogen) atoms. The topological polar surface area (TPSA) is 3.88 Å². The van der Waals surface area contributed by atoms with Gasteiger partial charge in [-0.25, -0.2) is 0 Å². The van der Waals surface area contributed by atoms with Crippen LogP contribution in [0.5, 0.6) is 0 Å². The van der Waals surface area contributed by atoms with Crippen molar-refractivity contribution < 1.29 is 12.9 Å². The van der Waals surface area contributed by atoms with Gasteiger partial charge in [0.05, 0.1) is 43.1 Å². The predicted octanol–water partition coefficient (Wildman–Crippen LogP) is 9.16. The van der Waals surface area contributed by atoms with E-state index in [1.54, 1.807) is 11.1 Å². The van der Waals surface area contributed by atoms with Gasteiger partial charge in [-0.05, 0) is 72.1 Å². The zero-order valence-electron chi connectivity index (χ0n) is 28.9. The van der Waals surface area contributed by atoms with Crippen molar-refractivity contribution in [3.8, 4) is 0 Å². The van der Waals surface area contributed by atoms with E-state index in [4.69, 9.17) is 0 Å². The maximum atomic E-state index is 2.42. The van der Waals surface area contributed by atoms with Gasteiger partial charge in [-0.3, -0.25) is 0 Å². The first-order valence-electron chi connectivity index (χ1n) is 16.2. The molecule has 1 saturated heterocycles. The Labute approximate surface area is 253 Å². The zero-order valence-corrected chi connectivity index (χ0v) is 29.7. The second-order valence-electron chi connectivity index (χ2n) is 15.4. The molecule has 0 saturated carbocycles. The summed E-state index contributed by atoms with van der Waals surface area (Å²) in [6, 6.07) is 13.3. The molecular formula is C36H66N3S+3. The molecule has 0 unspecified atom stereocenters. The van der Waals surface area contributed by atoms with Crippen LogP contribution in [0.1, 0.15) is 125 Å². The molecule has 0 atom stereocenters. The second kappa shape index (κ2) is 14.3. The molecule has 0 N–H and O–H groups in total. The summed E-state index contributed by atoms with van der Waals surface area (Å²) in [5, 5.41) is 0. The minimum Gasteiger partial charge on any atom is -0.324 e. The molecule has 0 aliphatic carbocycles. The van der Waals surface area contributed by atoms with Gasteiger partial charge in [-0.1, -0.05) is 52.0 Å². The standard InChI is InChI=1S/C14H22N.C12H26N.C10H18NS/c1-11(2)15(12(3)4)9-13-7-5-6-8-14(13)10-15;1-10(2)12-6-8-13(5,9-7-12)11(3)4;1-8(2)9-6-7-11(12-9)10(3,4)5/h5-8,11-12H,9-10H2,1-4H3;10-12H,6-9H2,1-5H3;6-8H,1-5H3/q3*+1. The Bertz CT molecular complexity index is 982. The third-order valence-electron chi connectivity index (χ3n) is 10.1. The molecule has 3 nitrogen and oxygen atoms in total. The van der Waals surface area contributed by atoms with Crippen LogP contribution < -0.4 is 3.96 Å². The average molecular weight is 573 g/mol. The Balaban J connectivity index is 0.000000212. The number of benzene rings is 1. The molecule has 0 amide bonds. The summed E-state index contributed by atoms with van der Waals surface area (Å²) < 4.78 is 4.82. The largest absolute Gasteiger partial charge is 0.324 e. The van der Waals surface area contributed by atoms with Gasteiger partial charge in [0, 0.05) is 38.0 Å². The van der Waals surface area contributed by atoms with Crippen LogP contribution in [-0.4, -0.2) is 47.2 Å². The van der Waals surface area contributed by atoms with Crippen molar-refractivity contribution in [1.82, 2.24) is 0 Å². The van der Waals surface area contributed by atoms with Crippen LogP contribution in [-0.2, 0) is 18.6 Å². The smallest absolute Gasteiger partial charge is 0.184 e. The van der Waals surface area contributed by atoms with Crippen molar-refractivity contribution in [3.63, 3.8) is 0 Å². The van der Waals surface area contributed by atoms with Crippen LogP contribution in [0.25, 0.3) is 0 Å². The Kier molecular flexibility index (Phi) is 12.5. The van der Waals surface area contributed by atoms with Gasteiger partial charge in [0.15, 0.2) is 11.7 Å². The molecule has 1 aromatic carbocycles. The van der Waals surface area contributed by atoms with Crippen molar-refractivity contribution >= 4 is 11.5 Å². The van der Waals surface area contributed by atoms with Gasteiger partial charge in [-0.2, -0.15) is 0 Å². The fourth-order valence-corrected chi connectivity index (χ4v) is 7.17. The van der Waals surface area contributed by atoms with Crippen LogP contribution in [0.2, 0.25) is 0 Å². The molecule has 4 heteroatoms. The number of likely N-dealkylation sites (tertiary alicyclic amines) is 1. The number of quaternary nitrogens is 2. The minimum absolute atomic E-state index is 0.234. The van der Waals surface area contributed by atoms with Crippen molar-refractivity contribution in [3.05, 3.63) is 52.5 Å². The molecule has 2 aromatic rings. The lowest BCUT2D eigenvalue weighted by atomic mass is 9.85. The quantitative estimate of drug-likeness (QED) is 0.248. The SMILES string of the molecule is CC(C)C1CC[N+](C)(C(C)C)CC1.CC(C)[N+]1(C(C)C)Cc2ccccc2C1.CC(C)c1cc[n+](C(C)(C)C)s1. The lowest BCUT2D eigenvalue weighted by Gasteiger charge is -2.44. The molecule has 4 rings (SSSR count). The third-order valence-corrected chi connectivity index (χ3v) is 11.8. The average Bonchev–Trinajstić information content (AvgIpc) is 3.51.